The summed E-state index contributed by atoms with van der Waals surface area (Å²) in [7, 11) is 0. The number of carboxylic acids is 1. The van der Waals surface area contributed by atoms with Gasteiger partial charge in [-0.25, -0.2) is 0 Å². The number of hydrogen-bond acceptors (Lipinski definition) is 2. The highest BCUT2D eigenvalue weighted by Crippen LogP contribution is 2.48. The summed E-state index contributed by atoms with van der Waals surface area (Å²) in [6.45, 7) is 0. The monoisotopic (exact) mass is 214 g/mol. The fraction of sp³-hybridized carbons (Fsp3) is 0.909. The standard InChI is InChI=1S/C11H18O2S/c12-10(13)11(7-4-8-11)14-9-5-2-1-3-6-9/h9H,1-8H2,(H,12,13). The summed E-state index contributed by atoms with van der Waals surface area (Å²) in [5.74, 6) is -0.570. The van der Waals surface area contributed by atoms with E-state index in [1.807, 2.05) is 0 Å². The van der Waals surface area contributed by atoms with Gasteiger partial charge in [-0.1, -0.05) is 19.3 Å². The van der Waals surface area contributed by atoms with Gasteiger partial charge in [0.25, 0.3) is 0 Å². The minimum Gasteiger partial charge on any atom is -0.480 e. The highest BCUT2D eigenvalue weighted by atomic mass is 32.2. The van der Waals surface area contributed by atoms with Gasteiger partial charge in [0.2, 0.25) is 0 Å². The second-order valence-corrected chi connectivity index (χ2v) is 6.21. The molecule has 0 unspecified atom stereocenters. The normalized spacial score (nSPS) is 26.9. The quantitative estimate of drug-likeness (QED) is 0.784. The Morgan fingerprint density at radius 3 is 2.21 bits per heavy atom. The summed E-state index contributed by atoms with van der Waals surface area (Å²) in [5.41, 5.74) is 0. The molecule has 1 N–H and O–H groups in total. The maximum atomic E-state index is 11.2. The Bertz CT molecular complexity index is 217. The Kier molecular flexibility index (Phi) is 3.05. The molecule has 2 rings (SSSR count). The van der Waals surface area contributed by atoms with E-state index in [2.05, 4.69) is 0 Å². The lowest BCUT2D eigenvalue weighted by Crippen LogP contribution is -2.43. The maximum absolute atomic E-state index is 11.2. The summed E-state index contributed by atoms with van der Waals surface area (Å²) in [6, 6.07) is 0. The summed E-state index contributed by atoms with van der Waals surface area (Å²) < 4.78 is -0.387. The predicted molar refractivity (Wildman–Crippen MR) is 58.7 cm³/mol. The van der Waals surface area contributed by atoms with Gasteiger partial charge in [0, 0.05) is 5.25 Å². The van der Waals surface area contributed by atoms with E-state index in [4.69, 9.17) is 0 Å². The lowest BCUT2D eigenvalue weighted by atomic mass is 9.84. The highest BCUT2D eigenvalue weighted by Gasteiger charge is 2.46. The van der Waals surface area contributed by atoms with Crippen LogP contribution in [0.4, 0.5) is 0 Å². The molecular weight excluding hydrogens is 196 g/mol. The van der Waals surface area contributed by atoms with Crippen LogP contribution in [0.15, 0.2) is 0 Å². The van der Waals surface area contributed by atoms with Crippen molar-refractivity contribution in [3.05, 3.63) is 0 Å². The maximum Gasteiger partial charge on any atom is 0.319 e. The molecule has 0 heterocycles. The van der Waals surface area contributed by atoms with Crippen molar-refractivity contribution in [1.29, 1.82) is 0 Å². The lowest BCUT2D eigenvalue weighted by Gasteiger charge is -2.40. The number of thioether (sulfide) groups is 1. The Balaban J connectivity index is 1.90. The van der Waals surface area contributed by atoms with Gasteiger partial charge >= 0.3 is 5.97 Å². The van der Waals surface area contributed by atoms with Crippen molar-refractivity contribution in [3.8, 4) is 0 Å². The van der Waals surface area contributed by atoms with Gasteiger partial charge in [-0.05, 0) is 32.1 Å². The number of carboxylic acid groups (broad SMARTS) is 1. The minimum absolute atomic E-state index is 0.387. The van der Waals surface area contributed by atoms with E-state index in [1.165, 1.54) is 32.1 Å². The minimum atomic E-state index is -0.570. The van der Waals surface area contributed by atoms with Gasteiger partial charge in [0.15, 0.2) is 0 Å². The number of aliphatic carboxylic acids is 1. The van der Waals surface area contributed by atoms with Crippen molar-refractivity contribution >= 4 is 17.7 Å². The Labute approximate surface area is 89.5 Å². The third-order valence-electron chi connectivity index (χ3n) is 3.50. The molecule has 0 saturated heterocycles. The third-order valence-corrected chi connectivity index (χ3v) is 5.33. The van der Waals surface area contributed by atoms with Crippen LogP contribution in [0.25, 0.3) is 0 Å². The number of rotatable bonds is 3. The summed E-state index contributed by atoms with van der Waals surface area (Å²) in [5, 5.41) is 9.82. The molecule has 14 heavy (non-hydrogen) atoms. The van der Waals surface area contributed by atoms with Crippen LogP contribution in [-0.2, 0) is 4.79 Å². The first-order valence-electron chi connectivity index (χ1n) is 5.64. The van der Waals surface area contributed by atoms with Gasteiger partial charge in [0.05, 0.1) is 0 Å². The molecule has 2 nitrogen and oxygen atoms in total. The van der Waals surface area contributed by atoms with Crippen LogP contribution < -0.4 is 0 Å². The van der Waals surface area contributed by atoms with E-state index in [0.717, 1.165) is 19.3 Å². The van der Waals surface area contributed by atoms with Gasteiger partial charge in [-0.3, -0.25) is 4.79 Å². The third kappa shape index (κ3) is 1.92. The topological polar surface area (TPSA) is 37.3 Å². The highest BCUT2D eigenvalue weighted by molar-refractivity contribution is 8.02. The summed E-state index contributed by atoms with van der Waals surface area (Å²) in [4.78, 5) is 11.2. The zero-order valence-electron chi connectivity index (χ0n) is 8.50. The SMILES string of the molecule is O=C(O)C1(SC2CCCCC2)CCC1. The van der Waals surface area contributed by atoms with Gasteiger partial charge < -0.3 is 5.11 Å². The molecule has 0 aliphatic heterocycles. The van der Waals surface area contributed by atoms with Crippen molar-refractivity contribution < 1.29 is 9.90 Å². The van der Waals surface area contributed by atoms with E-state index in [-0.39, 0.29) is 4.75 Å². The molecule has 80 valence electrons. The van der Waals surface area contributed by atoms with Gasteiger partial charge in [0.1, 0.15) is 4.75 Å². The number of carbonyl (C=O) groups is 1. The first-order valence-corrected chi connectivity index (χ1v) is 6.52. The molecule has 0 bridgehead atoms. The molecule has 2 aliphatic carbocycles. The zero-order valence-corrected chi connectivity index (χ0v) is 9.31. The molecule has 2 saturated carbocycles. The van der Waals surface area contributed by atoms with E-state index in [0.29, 0.717) is 5.25 Å². The van der Waals surface area contributed by atoms with Crippen LogP contribution in [0.5, 0.6) is 0 Å². The molecule has 0 atom stereocenters. The Morgan fingerprint density at radius 1 is 1.14 bits per heavy atom. The van der Waals surface area contributed by atoms with Gasteiger partial charge in [-0.15, -0.1) is 11.8 Å². The van der Waals surface area contributed by atoms with Crippen molar-refractivity contribution in [2.45, 2.75) is 61.4 Å². The molecule has 0 amide bonds. The van der Waals surface area contributed by atoms with Crippen LogP contribution in [0.1, 0.15) is 51.4 Å². The van der Waals surface area contributed by atoms with Crippen LogP contribution in [0.2, 0.25) is 0 Å². The second kappa shape index (κ2) is 4.13. The number of hydrogen-bond donors (Lipinski definition) is 1. The van der Waals surface area contributed by atoms with Crippen LogP contribution in [0.3, 0.4) is 0 Å². The molecule has 0 spiro atoms. The summed E-state index contributed by atoms with van der Waals surface area (Å²) >= 11 is 1.76. The van der Waals surface area contributed by atoms with Crippen molar-refractivity contribution in [3.63, 3.8) is 0 Å². The van der Waals surface area contributed by atoms with E-state index in [1.54, 1.807) is 11.8 Å². The fourth-order valence-corrected chi connectivity index (χ4v) is 4.21. The molecule has 3 heteroatoms. The molecule has 2 fully saturated rings. The van der Waals surface area contributed by atoms with Crippen LogP contribution >= 0.6 is 11.8 Å². The van der Waals surface area contributed by atoms with E-state index in [9.17, 15) is 9.90 Å². The first kappa shape index (κ1) is 10.3. The molecule has 0 radical (unpaired) electrons. The Hall–Kier alpha value is -0.180. The van der Waals surface area contributed by atoms with Crippen LogP contribution in [-0.4, -0.2) is 21.1 Å². The second-order valence-electron chi connectivity index (χ2n) is 4.53. The summed E-state index contributed by atoms with van der Waals surface area (Å²) in [6.07, 6.45) is 9.30. The fourth-order valence-electron chi connectivity index (χ4n) is 2.38. The molecule has 0 aromatic rings. The Morgan fingerprint density at radius 2 is 1.79 bits per heavy atom. The van der Waals surface area contributed by atoms with Crippen molar-refractivity contribution in [2.75, 3.05) is 0 Å². The lowest BCUT2D eigenvalue weighted by molar-refractivity contribution is -0.142. The molecular formula is C11H18O2S. The van der Waals surface area contributed by atoms with Gasteiger partial charge in [-0.2, -0.15) is 0 Å². The van der Waals surface area contributed by atoms with Crippen molar-refractivity contribution in [2.24, 2.45) is 0 Å². The molecule has 0 aromatic carbocycles. The van der Waals surface area contributed by atoms with E-state index >= 15 is 0 Å². The first-order chi connectivity index (χ1) is 6.73. The molecule has 0 aromatic heterocycles. The average Bonchev–Trinajstić information content (AvgIpc) is 2.12. The van der Waals surface area contributed by atoms with Crippen LogP contribution in [0, 0.1) is 0 Å². The largest absolute Gasteiger partial charge is 0.480 e. The average molecular weight is 214 g/mol. The smallest absolute Gasteiger partial charge is 0.319 e. The predicted octanol–water partition coefficient (Wildman–Crippen LogP) is 3.06. The molecule has 2 aliphatic rings. The van der Waals surface area contributed by atoms with E-state index < -0.39 is 5.97 Å². The van der Waals surface area contributed by atoms with Crippen molar-refractivity contribution in [1.82, 2.24) is 0 Å². The zero-order chi connectivity index (χ0) is 10.0.